The topological polar surface area (TPSA) is 41.1 Å². The number of benzene rings is 1. The average Bonchev–Trinajstić information content (AvgIpc) is 2.80. The zero-order chi connectivity index (χ0) is 17.3. The van der Waals surface area contributed by atoms with Gasteiger partial charge in [0.2, 0.25) is 5.91 Å². The average molecular weight is 369 g/mol. The van der Waals surface area contributed by atoms with Gasteiger partial charge in [0.1, 0.15) is 0 Å². The highest BCUT2D eigenvalue weighted by molar-refractivity contribution is 6.35. The van der Waals surface area contributed by atoms with Crippen molar-refractivity contribution in [2.75, 3.05) is 0 Å². The molecule has 2 atom stereocenters. The van der Waals surface area contributed by atoms with E-state index in [1.165, 1.54) is 12.8 Å². The second kappa shape index (κ2) is 7.23. The fourth-order valence-electron chi connectivity index (χ4n) is 4.22. The van der Waals surface area contributed by atoms with E-state index in [1.54, 1.807) is 6.07 Å². The standard InChI is InChI=1S/C19H26Cl2N2O/c1-19(2,11-13-3-4-14(20)10-17(13)21)23-18(24)9-12-7-15-5-6-16(8-12)22-15/h3-4,10,12,15-16,22H,5-9,11H2,1-2H3,(H,23,24). The maximum Gasteiger partial charge on any atom is 0.220 e. The zero-order valence-electron chi connectivity index (χ0n) is 14.4. The first-order valence-electron chi connectivity index (χ1n) is 8.82. The van der Waals surface area contributed by atoms with E-state index in [4.69, 9.17) is 23.2 Å². The fraction of sp³-hybridized carbons (Fsp3) is 0.632. The van der Waals surface area contributed by atoms with Crippen LogP contribution in [0.5, 0.6) is 0 Å². The molecular formula is C19H26Cl2N2O. The van der Waals surface area contributed by atoms with Crippen LogP contribution in [0.1, 0.15) is 51.5 Å². The molecule has 1 aromatic carbocycles. The van der Waals surface area contributed by atoms with Crippen molar-refractivity contribution in [2.24, 2.45) is 5.92 Å². The maximum atomic E-state index is 12.5. The van der Waals surface area contributed by atoms with Crippen molar-refractivity contribution in [1.82, 2.24) is 10.6 Å². The molecular weight excluding hydrogens is 343 g/mol. The molecule has 2 aliphatic heterocycles. The van der Waals surface area contributed by atoms with Gasteiger partial charge in [-0.25, -0.2) is 0 Å². The predicted molar refractivity (Wildman–Crippen MR) is 99.7 cm³/mol. The number of amides is 1. The first-order valence-corrected chi connectivity index (χ1v) is 9.57. The van der Waals surface area contributed by atoms with Crippen molar-refractivity contribution in [2.45, 2.75) is 70.0 Å². The Morgan fingerprint density at radius 1 is 1.25 bits per heavy atom. The van der Waals surface area contributed by atoms with Gasteiger partial charge in [-0.3, -0.25) is 4.79 Å². The smallest absolute Gasteiger partial charge is 0.220 e. The van der Waals surface area contributed by atoms with E-state index in [0.717, 1.165) is 18.4 Å². The molecule has 2 unspecified atom stereocenters. The third kappa shape index (κ3) is 4.65. The molecule has 3 nitrogen and oxygen atoms in total. The van der Waals surface area contributed by atoms with E-state index in [1.807, 2.05) is 26.0 Å². The van der Waals surface area contributed by atoms with Crippen molar-refractivity contribution in [3.05, 3.63) is 33.8 Å². The Bertz CT molecular complexity index is 605. The van der Waals surface area contributed by atoms with Crippen LogP contribution in [0.15, 0.2) is 18.2 Å². The SMILES string of the molecule is CC(C)(Cc1ccc(Cl)cc1Cl)NC(=O)CC1CC2CCC(C1)N2. The molecule has 2 fully saturated rings. The minimum absolute atomic E-state index is 0.149. The quantitative estimate of drug-likeness (QED) is 0.810. The summed E-state index contributed by atoms with van der Waals surface area (Å²) in [6.07, 6.45) is 6.12. The van der Waals surface area contributed by atoms with Crippen molar-refractivity contribution >= 4 is 29.1 Å². The molecule has 2 N–H and O–H groups in total. The molecule has 3 rings (SSSR count). The molecule has 2 aliphatic rings. The van der Waals surface area contributed by atoms with Gasteiger partial charge in [0, 0.05) is 34.1 Å². The van der Waals surface area contributed by atoms with Crippen LogP contribution >= 0.6 is 23.2 Å². The minimum atomic E-state index is -0.333. The van der Waals surface area contributed by atoms with Gasteiger partial charge in [0.25, 0.3) is 0 Å². The van der Waals surface area contributed by atoms with Crippen LogP contribution in [0, 0.1) is 5.92 Å². The monoisotopic (exact) mass is 368 g/mol. The molecule has 0 aromatic heterocycles. The van der Waals surface area contributed by atoms with Gasteiger partial charge in [0.15, 0.2) is 0 Å². The second-order valence-electron chi connectivity index (χ2n) is 8.02. The van der Waals surface area contributed by atoms with Crippen molar-refractivity contribution in [3.63, 3.8) is 0 Å². The number of hydrogen-bond donors (Lipinski definition) is 2. The Labute approximate surface area is 154 Å². The first kappa shape index (κ1) is 18.0. The maximum absolute atomic E-state index is 12.5. The molecule has 2 saturated heterocycles. The zero-order valence-corrected chi connectivity index (χ0v) is 15.9. The van der Waals surface area contributed by atoms with Crippen molar-refractivity contribution < 1.29 is 4.79 Å². The summed E-state index contributed by atoms with van der Waals surface area (Å²) in [6, 6.07) is 6.78. The van der Waals surface area contributed by atoms with Crippen LogP contribution in [-0.2, 0) is 11.2 Å². The molecule has 0 saturated carbocycles. The highest BCUT2D eigenvalue weighted by atomic mass is 35.5. The molecule has 0 aliphatic carbocycles. The Balaban J connectivity index is 1.54. The van der Waals surface area contributed by atoms with E-state index in [9.17, 15) is 4.79 Å². The Morgan fingerprint density at radius 2 is 1.92 bits per heavy atom. The van der Waals surface area contributed by atoms with Crippen LogP contribution in [0.25, 0.3) is 0 Å². The molecule has 24 heavy (non-hydrogen) atoms. The van der Waals surface area contributed by atoms with Crippen LogP contribution in [0.4, 0.5) is 0 Å². The van der Waals surface area contributed by atoms with Gasteiger partial charge < -0.3 is 10.6 Å². The number of fused-ring (bicyclic) bond motifs is 2. The normalized spacial score (nSPS) is 26.4. The van der Waals surface area contributed by atoms with Crippen LogP contribution < -0.4 is 10.6 Å². The number of carbonyl (C=O) groups is 1. The third-order valence-electron chi connectivity index (χ3n) is 5.17. The number of hydrogen-bond acceptors (Lipinski definition) is 2. The molecule has 1 aromatic rings. The lowest BCUT2D eigenvalue weighted by Crippen LogP contribution is -2.46. The van der Waals surface area contributed by atoms with Gasteiger partial charge in [-0.05, 0) is 69.6 Å². The summed E-state index contributed by atoms with van der Waals surface area (Å²) in [4.78, 5) is 12.5. The lowest BCUT2D eigenvalue weighted by molar-refractivity contribution is -0.123. The van der Waals surface area contributed by atoms with E-state index < -0.39 is 0 Å². The number of rotatable bonds is 5. The summed E-state index contributed by atoms with van der Waals surface area (Å²) in [7, 11) is 0. The summed E-state index contributed by atoms with van der Waals surface area (Å²) in [5.74, 6) is 0.662. The predicted octanol–water partition coefficient (Wildman–Crippen LogP) is 4.35. The fourth-order valence-corrected chi connectivity index (χ4v) is 4.69. The summed E-state index contributed by atoms with van der Waals surface area (Å²) in [6.45, 7) is 4.09. The molecule has 5 heteroatoms. The number of piperidine rings is 1. The Hall–Kier alpha value is -0.770. The van der Waals surface area contributed by atoms with E-state index in [2.05, 4.69) is 10.6 Å². The number of carbonyl (C=O) groups excluding carboxylic acids is 1. The van der Waals surface area contributed by atoms with Gasteiger partial charge >= 0.3 is 0 Å². The van der Waals surface area contributed by atoms with Gasteiger partial charge in [0.05, 0.1) is 0 Å². The minimum Gasteiger partial charge on any atom is -0.351 e. The molecule has 0 radical (unpaired) electrons. The van der Waals surface area contributed by atoms with Crippen LogP contribution in [0.2, 0.25) is 10.0 Å². The van der Waals surface area contributed by atoms with E-state index in [0.29, 0.717) is 40.9 Å². The highest BCUT2D eigenvalue weighted by Crippen LogP contribution is 2.33. The molecule has 0 spiro atoms. The van der Waals surface area contributed by atoms with Gasteiger partial charge in [-0.15, -0.1) is 0 Å². The summed E-state index contributed by atoms with van der Waals surface area (Å²) in [5, 5.41) is 8.10. The lowest BCUT2D eigenvalue weighted by atomic mass is 9.88. The van der Waals surface area contributed by atoms with Crippen molar-refractivity contribution in [3.8, 4) is 0 Å². The van der Waals surface area contributed by atoms with Gasteiger partial charge in [-0.1, -0.05) is 29.3 Å². The summed E-state index contributed by atoms with van der Waals surface area (Å²) >= 11 is 12.2. The Morgan fingerprint density at radius 3 is 2.54 bits per heavy atom. The molecule has 2 bridgehead atoms. The van der Waals surface area contributed by atoms with Crippen LogP contribution in [-0.4, -0.2) is 23.5 Å². The van der Waals surface area contributed by atoms with Gasteiger partial charge in [-0.2, -0.15) is 0 Å². The number of nitrogens with one attached hydrogen (secondary N) is 2. The molecule has 132 valence electrons. The number of halogens is 2. The van der Waals surface area contributed by atoms with Crippen LogP contribution in [0.3, 0.4) is 0 Å². The van der Waals surface area contributed by atoms with E-state index >= 15 is 0 Å². The second-order valence-corrected chi connectivity index (χ2v) is 8.87. The molecule has 2 heterocycles. The highest BCUT2D eigenvalue weighted by Gasteiger charge is 2.34. The molecule has 1 amide bonds. The first-order chi connectivity index (χ1) is 11.3. The third-order valence-corrected chi connectivity index (χ3v) is 5.76. The summed E-state index contributed by atoms with van der Waals surface area (Å²) < 4.78 is 0. The summed E-state index contributed by atoms with van der Waals surface area (Å²) in [5.41, 5.74) is 0.673. The Kier molecular flexibility index (Phi) is 5.43. The lowest BCUT2D eigenvalue weighted by Gasteiger charge is -2.31. The van der Waals surface area contributed by atoms with E-state index in [-0.39, 0.29) is 11.4 Å². The largest absolute Gasteiger partial charge is 0.351 e. The van der Waals surface area contributed by atoms with Crippen molar-refractivity contribution in [1.29, 1.82) is 0 Å².